The molecular weight excluding hydrogens is 284 g/mol. The Morgan fingerprint density at radius 1 is 1.10 bits per heavy atom. The molecule has 6 heteroatoms. The molecule has 0 aliphatic heterocycles. The van der Waals surface area contributed by atoms with Gasteiger partial charge in [0, 0.05) is 17.8 Å². The Morgan fingerprint density at radius 3 is 2.38 bits per heavy atom. The molecule has 2 rings (SSSR count). The molecular formula is C15H14F4N2. The summed E-state index contributed by atoms with van der Waals surface area (Å²) in [4.78, 5) is 0. The second-order valence-corrected chi connectivity index (χ2v) is 4.68. The van der Waals surface area contributed by atoms with Crippen LogP contribution in [0.15, 0.2) is 36.4 Å². The summed E-state index contributed by atoms with van der Waals surface area (Å²) >= 11 is 0. The summed E-state index contributed by atoms with van der Waals surface area (Å²) in [6.45, 7) is 1.61. The van der Waals surface area contributed by atoms with Crippen LogP contribution in [0, 0.1) is 12.7 Å². The highest BCUT2D eigenvalue weighted by Gasteiger charge is 2.33. The van der Waals surface area contributed by atoms with Crippen LogP contribution in [0.5, 0.6) is 0 Å². The largest absolute Gasteiger partial charge is 0.418 e. The Bertz CT molecular complexity index is 651. The minimum Gasteiger partial charge on any atom is -0.355 e. The molecule has 0 unspecified atom stereocenters. The van der Waals surface area contributed by atoms with E-state index in [9.17, 15) is 17.6 Å². The van der Waals surface area contributed by atoms with Crippen LogP contribution in [0.25, 0.3) is 0 Å². The molecule has 0 heterocycles. The van der Waals surface area contributed by atoms with Gasteiger partial charge in [-0.15, -0.1) is 0 Å². The molecule has 0 amide bonds. The van der Waals surface area contributed by atoms with Crippen LogP contribution in [0.3, 0.4) is 0 Å². The summed E-state index contributed by atoms with van der Waals surface area (Å²) in [5, 5.41) is 2.60. The lowest BCUT2D eigenvalue weighted by Gasteiger charge is -2.15. The van der Waals surface area contributed by atoms with E-state index in [0.29, 0.717) is 11.1 Å². The van der Waals surface area contributed by atoms with Gasteiger partial charge in [-0.2, -0.15) is 13.2 Å². The van der Waals surface area contributed by atoms with Gasteiger partial charge in [-0.25, -0.2) is 4.39 Å². The van der Waals surface area contributed by atoms with Crippen LogP contribution >= 0.6 is 0 Å². The maximum absolute atomic E-state index is 13.6. The first-order valence-electron chi connectivity index (χ1n) is 6.24. The lowest BCUT2D eigenvalue weighted by molar-refractivity contribution is -0.137. The molecule has 112 valence electrons. The van der Waals surface area contributed by atoms with E-state index < -0.39 is 17.6 Å². The van der Waals surface area contributed by atoms with Gasteiger partial charge in [0.25, 0.3) is 0 Å². The molecule has 0 saturated heterocycles. The van der Waals surface area contributed by atoms with Crippen LogP contribution < -0.4 is 11.1 Å². The molecule has 0 spiro atoms. The number of nitrogens with two attached hydrogens (primary N) is 1. The summed E-state index contributed by atoms with van der Waals surface area (Å²) in [5.41, 5.74) is 5.48. The van der Waals surface area contributed by atoms with Crippen LogP contribution in [0.2, 0.25) is 0 Å². The van der Waals surface area contributed by atoms with Crippen LogP contribution in [0.4, 0.5) is 28.9 Å². The van der Waals surface area contributed by atoms with Crippen molar-refractivity contribution >= 4 is 11.4 Å². The summed E-state index contributed by atoms with van der Waals surface area (Å²) in [6.07, 6.45) is -4.48. The molecule has 0 aromatic heterocycles. The molecule has 0 bridgehead atoms. The highest BCUT2D eigenvalue weighted by atomic mass is 19.4. The SMILES string of the molecule is Cc1ccc(Nc2ccc(CN)c(F)c2)c(C(F)(F)F)c1. The average molecular weight is 298 g/mol. The number of halogens is 4. The standard InChI is InChI=1S/C15H14F4N2/c1-9-2-5-14(12(6-9)15(17,18)19)21-11-4-3-10(8-20)13(16)7-11/h2-7,21H,8,20H2,1H3. The molecule has 21 heavy (non-hydrogen) atoms. The predicted octanol–water partition coefficient (Wildman–Crippen LogP) is 4.36. The van der Waals surface area contributed by atoms with Gasteiger partial charge in [0.15, 0.2) is 0 Å². The zero-order chi connectivity index (χ0) is 15.6. The van der Waals surface area contributed by atoms with Gasteiger partial charge in [-0.05, 0) is 31.2 Å². The lowest BCUT2D eigenvalue weighted by Crippen LogP contribution is -2.09. The van der Waals surface area contributed by atoms with Crippen molar-refractivity contribution in [3.8, 4) is 0 Å². The summed E-state index contributed by atoms with van der Waals surface area (Å²) in [7, 11) is 0. The van der Waals surface area contributed by atoms with Crippen molar-refractivity contribution in [3.05, 3.63) is 58.9 Å². The monoisotopic (exact) mass is 298 g/mol. The Labute approximate surface area is 119 Å². The van der Waals surface area contributed by atoms with Crippen LogP contribution in [-0.2, 0) is 12.7 Å². The Morgan fingerprint density at radius 2 is 1.81 bits per heavy atom. The van der Waals surface area contributed by atoms with E-state index in [0.717, 1.165) is 12.1 Å². The topological polar surface area (TPSA) is 38.0 Å². The first-order valence-corrected chi connectivity index (χ1v) is 6.24. The highest BCUT2D eigenvalue weighted by molar-refractivity contribution is 5.64. The average Bonchev–Trinajstić information content (AvgIpc) is 2.40. The maximum Gasteiger partial charge on any atom is 0.418 e. The molecule has 0 saturated carbocycles. The van der Waals surface area contributed by atoms with Crippen LogP contribution in [0.1, 0.15) is 16.7 Å². The summed E-state index contributed by atoms with van der Waals surface area (Å²) < 4.78 is 52.6. The Hall–Kier alpha value is -2.08. The number of hydrogen-bond donors (Lipinski definition) is 2. The molecule has 0 aliphatic carbocycles. The fraction of sp³-hybridized carbons (Fsp3) is 0.200. The van der Waals surface area contributed by atoms with Crippen molar-refractivity contribution in [3.63, 3.8) is 0 Å². The van der Waals surface area contributed by atoms with Crippen molar-refractivity contribution in [2.24, 2.45) is 5.73 Å². The van der Waals surface area contributed by atoms with Crippen molar-refractivity contribution in [2.75, 3.05) is 5.32 Å². The van der Waals surface area contributed by atoms with Crippen molar-refractivity contribution in [1.82, 2.24) is 0 Å². The van der Waals surface area contributed by atoms with E-state index in [1.165, 1.54) is 18.2 Å². The van der Waals surface area contributed by atoms with Gasteiger partial charge in [-0.1, -0.05) is 17.7 Å². The predicted molar refractivity (Wildman–Crippen MR) is 73.8 cm³/mol. The van der Waals surface area contributed by atoms with E-state index in [4.69, 9.17) is 5.73 Å². The Balaban J connectivity index is 2.38. The zero-order valence-electron chi connectivity index (χ0n) is 11.3. The van der Waals surface area contributed by atoms with Gasteiger partial charge < -0.3 is 11.1 Å². The molecule has 0 radical (unpaired) electrons. The fourth-order valence-electron chi connectivity index (χ4n) is 1.95. The third-order valence-corrected chi connectivity index (χ3v) is 3.03. The second kappa shape index (κ2) is 5.73. The number of rotatable bonds is 3. The maximum atomic E-state index is 13.6. The third kappa shape index (κ3) is 3.52. The van der Waals surface area contributed by atoms with Gasteiger partial charge in [-0.3, -0.25) is 0 Å². The molecule has 2 nitrogen and oxygen atoms in total. The van der Waals surface area contributed by atoms with E-state index in [-0.39, 0.29) is 17.9 Å². The number of benzene rings is 2. The normalized spacial score (nSPS) is 11.5. The van der Waals surface area contributed by atoms with Gasteiger partial charge in [0.05, 0.1) is 11.3 Å². The molecule has 0 aliphatic rings. The van der Waals surface area contributed by atoms with Crippen LogP contribution in [-0.4, -0.2) is 0 Å². The number of anilines is 2. The molecule has 0 fully saturated rings. The molecule has 0 atom stereocenters. The van der Waals surface area contributed by atoms with Gasteiger partial charge >= 0.3 is 6.18 Å². The molecule has 3 N–H and O–H groups in total. The minimum absolute atomic E-state index is 0.0322. The first-order chi connectivity index (χ1) is 9.81. The molecule has 2 aromatic rings. The van der Waals surface area contributed by atoms with E-state index >= 15 is 0 Å². The fourth-order valence-corrected chi connectivity index (χ4v) is 1.95. The highest BCUT2D eigenvalue weighted by Crippen LogP contribution is 2.36. The van der Waals surface area contributed by atoms with Crippen molar-refractivity contribution in [2.45, 2.75) is 19.6 Å². The summed E-state index contributed by atoms with van der Waals surface area (Å²) in [5.74, 6) is -0.553. The molecule has 2 aromatic carbocycles. The first kappa shape index (κ1) is 15.3. The zero-order valence-corrected chi connectivity index (χ0v) is 11.3. The van der Waals surface area contributed by atoms with Gasteiger partial charge in [0.2, 0.25) is 0 Å². The Kier molecular flexibility index (Phi) is 4.18. The van der Waals surface area contributed by atoms with Gasteiger partial charge in [0.1, 0.15) is 5.82 Å². The number of nitrogens with one attached hydrogen (secondary N) is 1. The smallest absolute Gasteiger partial charge is 0.355 e. The quantitative estimate of drug-likeness (QED) is 0.826. The third-order valence-electron chi connectivity index (χ3n) is 3.03. The van der Waals surface area contributed by atoms with Crippen molar-refractivity contribution < 1.29 is 17.6 Å². The van der Waals surface area contributed by atoms with E-state index in [2.05, 4.69) is 5.32 Å². The van der Waals surface area contributed by atoms with Crippen molar-refractivity contribution in [1.29, 1.82) is 0 Å². The van der Waals surface area contributed by atoms with E-state index in [1.807, 2.05) is 0 Å². The lowest BCUT2D eigenvalue weighted by atomic mass is 10.1. The second-order valence-electron chi connectivity index (χ2n) is 4.68. The van der Waals surface area contributed by atoms with E-state index in [1.54, 1.807) is 13.0 Å². The summed E-state index contributed by atoms with van der Waals surface area (Å²) in [6, 6.07) is 7.99. The minimum atomic E-state index is -4.48. The number of aryl methyl sites for hydroxylation is 1. The number of hydrogen-bond acceptors (Lipinski definition) is 2. The number of alkyl halides is 3.